The third kappa shape index (κ3) is 4.81. The molecular formula is C21H25FN2O. The monoisotopic (exact) mass is 340 g/mol. The lowest BCUT2D eigenvalue weighted by Crippen LogP contribution is -2.29. The van der Waals surface area contributed by atoms with Crippen molar-refractivity contribution in [2.45, 2.75) is 32.6 Å². The second kappa shape index (κ2) is 8.15. The lowest BCUT2D eigenvalue weighted by Gasteiger charge is -2.28. The Kier molecular flexibility index (Phi) is 5.69. The fourth-order valence-electron chi connectivity index (χ4n) is 3.29. The first-order chi connectivity index (χ1) is 12.1. The van der Waals surface area contributed by atoms with Gasteiger partial charge in [0.1, 0.15) is 5.82 Å². The van der Waals surface area contributed by atoms with Crippen molar-refractivity contribution in [3.63, 3.8) is 0 Å². The van der Waals surface area contributed by atoms with Crippen molar-refractivity contribution in [2.75, 3.05) is 29.9 Å². The average Bonchev–Trinajstić information content (AvgIpc) is 2.62. The Morgan fingerprint density at radius 1 is 1.08 bits per heavy atom. The summed E-state index contributed by atoms with van der Waals surface area (Å²) >= 11 is 0. The van der Waals surface area contributed by atoms with E-state index in [-0.39, 0.29) is 18.1 Å². The maximum absolute atomic E-state index is 13.1. The van der Waals surface area contributed by atoms with Crippen LogP contribution in [-0.4, -0.2) is 25.4 Å². The number of Topliss-reactive ketones (excluding diaryl/α,β-unsaturated/α-hetero) is 1. The number of anilines is 2. The molecule has 3 nitrogen and oxygen atoms in total. The van der Waals surface area contributed by atoms with E-state index in [0.29, 0.717) is 6.42 Å². The molecule has 25 heavy (non-hydrogen) atoms. The van der Waals surface area contributed by atoms with Gasteiger partial charge in [0.05, 0.1) is 6.54 Å². The maximum Gasteiger partial charge on any atom is 0.156 e. The number of carbonyl (C=O) groups excluding carboxylic acids is 1. The summed E-state index contributed by atoms with van der Waals surface area (Å²) in [4.78, 5) is 14.6. The van der Waals surface area contributed by atoms with Crippen LogP contribution >= 0.6 is 0 Å². The smallest absolute Gasteiger partial charge is 0.156 e. The summed E-state index contributed by atoms with van der Waals surface area (Å²) in [5, 5.41) is 3.10. The van der Waals surface area contributed by atoms with E-state index >= 15 is 0 Å². The normalized spacial score (nSPS) is 14.4. The van der Waals surface area contributed by atoms with Crippen LogP contribution in [0.5, 0.6) is 0 Å². The van der Waals surface area contributed by atoms with Crippen molar-refractivity contribution in [3.05, 3.63) is 59.4 Å². The van der Waals surface area contributed by atoms with E-state index < -0.39 is 0 Å². The molecule has 1 fully saturated rings. The minimum Gasteiger partial charge on any atom is -0.378 e. The van der Waals surface area contributed by atoms with E-state index in [9.17, 15) is 9.18 Å². The van der Waals surface area contributed by atoms with Crippen molar-refractivity contribution in [3.8, 4) is 0 Å². The van der Waals surface area contributed by atoms with Crippen molar-refractivity contribution >= 4 is 17.2 Å². The Morgan fingerprint density at radius 3 is 2.48 bits per heavy atom. The fraction of sp³-hybridized carbons (Fsp3) is 0.381. The van der Waals surface area contributed by atoms with E-state index in [1.165, 1.54) is 37.1 Å². The molecule has 0 amide bonds. The second-order valence-electron chi connectivity index (χ2n) is 6.74. The van der Waals surface area contributed by atoms with Gasteiger partial charge in [0.15, 0.2) is 5.78 Å². The molecular weight excluding hydrogens is 315 g/mol. The number of ketones is 1. The van der Waals surface area contributed by atoms with E-state index in [0.717, 1.165) is 29.9 Å². The van der Waals surface area contributed by atoms with Crippen LogP contribution in [0, 0.1) is 12.7 Å². The van der Waals surface area contributed by atoms with Crippen LogP contribution in [0.25, 0.3) is 0 Å². The van der Waals surface area contributed by atoms with Crippen LogP contribution in [0.2, 0.25) is 0 Å². The lowest BCUT2D eigenvalue weighted by molar-refractivity contribution is -0.116. The highest BCUT2D eigenvalue weighted by molar-refractivity contribution is 5.85. The van der Waals surface area contributed by atoms with Gasteiger partial charge in [-0.05, 0) is 67.6 Å². The molecule has 0 bridgehead atoms. The first kappa shape index (κ1) is 17.5. The number of nitrogens with zero attached hydrogens (tertiary/aromatic N) is 1. The van der Waals surface area contributed by atoms with Gasteiger partial charge in [-0.1, -0.05) is 12.1 Å². The molecule has 1 N–H and O–H groups in total. The van der Waals surface area contributed by atoms with Crippen LogP contribution < -0.4 is 10.2 Å². The quantitative estimate of drug-likeness (QED) is 0.848. The standard InChI is InChI=1S/C21H25FN2O/c1-16-13-18(22)7-10-21(16)23-15-20(25)14-17-5-8-19(9-6-17)24-11-3-2-4-12-24/h5-10,13,23H,2-4,11-12,14-15H2,1H3. The molecule has 0 radical (unpaired) electrons. The molecule has 1 saturated heterocycles. The Balaban J connectivity index is 1.52. The maximum atomic E-state index is 13.1. The van der Waals surface area contributed by atoms with Gasteiger partial charge in [-0.15, -0.1) is 0 Å². The zero-order valence-electron chi connectivity index (χ0n) is 14.7. The molecule has 132 valence electrons. The summed E-state index contributed by atoms with van der Waals surface area (Å²) in [5.74, 6) is -0.141. The minimum atomic E-state index is -0.261. The molecule has 4 heteroatoms. The van der Waals surface area contributed by atoms with Crippen LogP contribution in [0.15, 0.2) is 42.5 Å². The van der Waals surface area contributed by atoms with Gasteiger partial charge < -0.3 is 10.2 Å². The van der Waals surface area contributed by atoms with Gasteiger partial charge in [-0.3, -0.25) is 4.79 Å². The van der Waals surface area contributed by atoms with Crippen molar-refractivity contribution in [1.82, 2.24) is 0 Å². The number of rotatable bonds is 6. The number of hydrogen-bond donors (Lipinski definition) is 1. The van der Waals surface area contributed by atoms with Crippen LogP contribution in [0.3, 0.4) is 0 Å². The van der Waals surface area contributed by atoms with Gasteiger partial charge in [0, 0.05) is 30.9 Å². The van der Waals surface area contributed by atoms with E-state index in [1.807, 2.05) is 19.1 Å². The van der Waals surface area contributed by atoms with Gasteiger partial charge >= 0.3 is 0 Å². The van der Waals surface area contributed by atoms with Gasteiger partial charge in [-0.25, -0.2) is 4.39 Å². The number of hydrogen-bond acceptors (Lipinski definition) is 3. The van der Waals surface area contributed by atoms with Gasteiger partial charge in [0.25, 0.3) is 0 Å². The van der Waals surface area contributed by atoms with Crippen LogP contribution in [0.4, 0.5) is 15.8 Å². The SMILES string of the molecule is Cc1cc(F)ccc1NCC(=O)Cc1ccc(N2CCCCC2)cc1. The average molecular weight is 340 g/mol. The van der Waals surface area contributed by atoms with Gasteiger partial charge in [-0.2, -0.15) is 0 Å². The summed E-state index contributed by atoms with van der Waals surface area (Å²) in [6.07, 6.45) is 4.25. The fourth-order valence-corrected chi connectivity index (χ4v) is 3.29. The highest BCUT2D eigenvalue weighted by Crippen LogP contribution is 2.20. The highest BCUT2D eigenvalue weighted by Gasteiger charge is 2.11. The third-order valence-corrected chi connectivity index (χ3v) is 4.72. The number of piperidine rings is 1. The zero-order valence-corrected chi connectivity index (χ0v) is 14.7. The Hall–Kier alpha value is -2.36. The molecule has 2 aromatic carbocycles. The topological polar surface area (TPSA) is 32.3 Å². The summed E-state index contributed by atoms with van der Waals surface area (Å²) in [6, 6.07) is 12.9. The number of benzene rings is 2. The lowest BCUT2D eigenvalue weighted by atomic mass is 10.1. The molecule has 1 aliphatic heterocycles. The molecule has 0 saturated carbocycles. The summed E-state index contributed by atoms with van der Waals surface area (Å²) in [7, 11) is 0. The second-order valence-corrected chi connectivity index (χ2v) is 6.74. The van der Waals surface area contributed by atoms with Crippen LogP contribution in [-0.2, 0) is 11.2 Å². The highest BCUT2D eigenvalue weighted by atomic mass is 19.1. The molecule has 0 unspecified atom stereocenters. The van der Waals surface area contributed by atoms with Crippen molar-refractivity contribution < 1.29 is 9.18 Å². The molecule has 3 rings (SSSR count). The van der Waals surface area contributed by atoms with Gasteiger partial charge in [0.2, 0.25) is 0 Å². The molecule has 1 heterocycles. The first-order valence-corrected chi connectivity index (χ1v) is 8.97. The molecule has 0 aliphatic carbocycles. The summed E-state index contributed by atoms with van der Waals surface area (Å²) in [5.41, 5.74) is 3.88. The Morgan fingerprint density at radius 2 is 1.80 bits per heavy atom. The third-order valence-electron chi connectivity index (χ3n) is 4.72. The van der Waals surface area contributed by atoms with Crippen molar-refractivity contribution in [1.29, 1.82) is 0 Å². The molecule has 0 atom stereocenters. The van der Waals surface area contributed by atoms with E-state index in [4.69, 9.17) is 0 Å². The van der Waals surface area contributed by atoms with E-state index in [2.05, 4.69) is 22.3 Å². The minimum absolute atomic E-state index is 0.120. The predicted molar refractivity (Wildman–Crippen MR) is 101 cm³/mol. The number of aryl methyl sites for hydroxylation is 1. The molecule has 1 aliphatic rings. The van der Waals surface area contributed by atoms with Crippen LogP contribution in [0.1, 0.15) is 30.4 Å². The number of nitrogens with one attached hydrogen (secondary N) is 1. The molecule has 0 aromatic heterocycles. The zero-order chi connectivity index (χ0) is 17.6. The number of halogens is 1. The molecule has 2 aromatic rings. The van der Waals surface area contributed by atoms with E-state index in [1.54, 1.807) is 6.07 Å². The number of carbonyl (C=O) groups is 1. The Labute approximate surface area is 148 Å². The summed E-state index contributed by atoms with van der Waals surface area (Å²) in [6.45, 7) is 4.33. The molecule has 0 spiro atoms. The Bertz CT molecular complexity index is 721. The summed E-state index contributed by atoms with van der Waals surface area (Å²) < 4.78 is 13.1. The first-order valence-electron chi connectivity index (χ1n) is 8.97. The largest absolute Gasteiger partial charge is 0.378 e. The van der Waals surface area contributed by atoms with Crippen molar-refractivity contribution in [2.24, 2.45) is 0 Å². The predicted octanol–water partition coefficient (Wildman–Crippen LogP) is 4.35.